The zero-order valence-corrected chi connectivity index (χ0v) is 10.2. The highest BCUT2D eigenvalue weighted by molar-refractivity contribution is 5.88. The Balaban J connectivity index is 2.58. The van der Waals surface area contributed by atoms with Gasteiger partial charge in [0, 0.05) is 26.1 Å². The van der Waals surface area contributed by atoms with E-state index < -0.39 is 30.4 Å². The zero-order chi connectivity index (χ0) is 14.4. The highest BCUT2D eigenvalue weighted by Crippen LogP contribution is 2.00. The summed E-state index contributed by atoms with van der Waals surface area (Å²) in [5.41, 5.74) is 4.91. The Morgan fingerprint density at radius 2 is 2.11 bits per heavy atom. The molecule has 106 valence electrons. The number of aliphatic carboxylic acids is 1. The third-order valence-electron chi connectivity index (χ3n) is 2.60. The molecule has 1 fully saturated rings. The number of carboxylic acid groups (broad SMARTS) is 1. The van der Waals surface area contributed by atoms with E-state index in [4.69, 9.17) is 10.8 Å². The number of urea groups is 1. The molecule has 4 amide bonds. The first kappa shape index (κ1) is 14.7. The molecule has 0 radical (unpaired) electrons. The van der Waals surface area contributed by atoms with Gasteiger partial charge in [0.15, 0.2) is 0 Å². The Morgan fingerprint density at radius 3 is 2.68 bits per heavy atom. The van der Waals surface area contributed by atoms with Crippen LogP contribution in [0.15, 0.2) is 0 Å². The smallest absolute Gasteiger partial charge is 0.326 e. The molecule has 9 heteroatoms. The summed E-state index contributed by atoms with van der Waals surface area (Å²) >= 11 is 0. The van der Waals surface area contributed by atoms with Crippen LogP contribution in [0.2, 0.25) is 0 Å². The lowest BCUT2D eigenvalue weighted by Gasteiger charge is -2.22. The third-order valence-corrected chi connectivity index (χ3v) is 2.60. The average Bonchev–Trinajstić information content (AvgIpc) is 2.52. The molecular formula is C10H16N4O5. The van der Waals surface area contributed by atoms with Crippen LogP contribution in [-0.4, -0.2) is 59.5 Å². The Bertz CT molecular complexity index is 397. The summed E-state index contributed by atoms with van der Waals surface area (Å²) in [6, 6.07) is -2.00. The molecule has 1 atom stereocenters. The van der Waals surface area contributed by atoms with Crippen LogP contribution in [0.4, 0.5) is 4.79 Å². The lowest BCUT2D eigenvalue weighted by Crippen LogP contribution is -2.50. The van der Waals surface area contributed by atoms with Gasteiger partial charge in [0.25, 0.3) is 0 Å². The van der Waals surface area contributed by atoms with Gasteiger partial charge in [-0.15, -0.1) is 0 Å². The monoisotopic (exact) mass is 272 g/mol. The zero-order valence-electron chi connectivity index (χ0n) is 10.2. The van der Waals surface area contributed by atoms with Crippen LogP contribution in [0.25, 0.3) is 0 Å². The molecule has 1 rings (SSSR count). The maximum Gasteiger partial charge on any atom is 0.326 e. The van der Waals surface area contributed by atoms with Crippen LogP contribution < -0.4 is 16.4 Å². The fourth-order valence-electron chi connectivity index (χ4n) is 1.61. The Kier molecular flexibility index (Phi) is 5.10. The van der Waals surface area contributed by atoms with Gasteiger partial charge in [-0.2, -0.15) is 0 Å². The quantitative estimate of drug-likeness (QED) is 0.461. The molecule has 1 aliphatic rings. The van der Waals surface area contributed by atoms with Crippen molar-refractivity contribution in [1.82, 2.24) is 15.5 Å². The van der Waals surface area contributed by atoms with Crippen molar-refractivity contribution in [1.29, 1.82) is 0 Å². The maximum atomic E-state index is 11.8. The van der Waals surface area contributed by atoms with Crippen LogP contribution in [0.3, 0.4) is 0 Å². The number of nitrogens with zero attached hydrogens (tertiary/aromatic N) is 1. The molecule has 0 aromatic carbocycles. The van der Waals surface area contributed by atoms with E-state index in [-0.39, 0.29) is 25.4 Å². The molecule has 1 heterocycles. The van der Waals surface area contributed by atoms with Gasteiger partial charge in [-0.25, -0.2) is 9.59 Å². The number of hydrogen-bond donors (Lipinski definition) is 4. The van der Waals surface area contributed by atoms with Gasteiger partial charge in [0.1, 0.15) is 6.04 Å². The maximum absolute atomic E-state index is 11.8. The largest absolute Gasteiger partial charge is 0.480 e. The predicted octanol–water partition coefficient (Wildman–Crippen LogP) is -2.15. The molecule has 0 aromatic heterocycles. The summed E-state index contributed by atoms with van der Waals surface area (Å²) in [5, 5.41) is 13.7. The molecule has 0 aromatic rings. The van der Waals surface area contributed by atoms with Gasteiger partial charge in [-0.3, -0.25) is 9.59 Å². The average molecular weight is 272 g/mol. The molecule has 0 saturated carbocycles. The van der Waals surface area contributed by atoms with E-state index in [1.807, 2.05) is 0 Å². The van der Waals surface area contributed by atoms with Gasteiger partial charge in [-0.1, -0.05) is 0 Å². The first-order valence-electron chi connectivity index (χ1n) is 5.73. The predicted molar refractivity (Wildman–Crippen MR) is 63.0 cm³/mol. The Hall–Kier alpha value is -2.32. The van der Waals surface area contributed by atoms with Gasteiger partial charge in [0.2, 0.25) is 11.8 Å². The SMILES string of the molecule is NC(=O)C[C@H](NC(=O)N1CCNC(=O)CC1)C(=O)O. The van der Waals surface area contributed by atoms with E-state index >= 15 is 0 Å². The minimum absolute atomic E-state index is 0.154. The highest BCUT2D eigenvalue weighted by Gasteiger charge is 2.25. The van der Waals surface area contributed by atoms with Gasteiger partial charge < -0.3 is 26.4 Å². The lowest BCUT2D eigenvalue weighted by atomic mass is 10.2. The summed E-state index contributed by atoms with van der Waals surface area (Å²) < 4.78 is 0. The number of nitrogens with one attached hydrogen (secondary N) is 2. The fourth-order valence-corrected chi connectivity index (χ4v) is 1.61. The van der Waals surface area contributed by atoms with Gasteiger partial charge >= 0.3 is 12.0 Å². The van der Waals surface area contributed by atoms with E-state index in [1.54, 1.807) is 0 Å². The molecule has 0 bridgehead atoms. The minimum atomic E-state index is -1.36. The molecule has 0 unspecified atom stereocenters. The highest BCUT2D eigenvalue weighted by atomic mass is 16.4. The molecule has 0 aliphatic carbocycles. The third kappa shape index (κ3) is 4.82. The summed E-state index contributed by atoms with van der Waals surface area (Å²) in [4.78, 5) is 45.8. The van der Waals surface area contributed by atoms with Crippen molar-refractivity contribution in [3.63, 3.8) is 0 Å². The Labute approximate surface area is 109 Å². The van der Waals surface area contributed by atoms with Crippen LogP contribution in [-0.2, 0) is 14.4 Å². The van der Waals surface area contributed by atoms with E-state index in [0.717, 1.165) is 0 Å². The Morgan fingerprint density at radius 1 is 1.42 bits per heavy atom. The first-order chi connectivity index (χ1) is 8.90. The number of nitrogens with two attached hydrogens (primary N) is 1. The number of amides is 4. The normalized spacial score (nSPS) is 17.1. The number of carbonyl (C=O) groups excluding carboxylic acids is 3. The van der Waals surface area contributed by atoms with E-state index in [2.05, 4.69) is 10.6 Å². The second-order valence-electron chi connectivity index (χ2n) is 4.10. The number of carbonyl (C=O) groups is 4. The van der Waals surface area contributed by atoms with Crippen molar-refractivity contribution < 1.29 is 24.3 Å². The number of hydrogen-bond acceptors (Lipinski definition) is 4. The van der Waals surface area contributed by atoms with Crippen LogP contribution >= 0.6 is 0 Å². The second-order valence-corrected chi connectivity index (χ2v) is 4.10. The minimum Gasteiger partial charge on any atom is -0.480 e. The number of primary amides is 1. The van der Waals surface area contributed by atoms with E-state index in [1.165, 1.54) is 4.90 Å². The topological polar surface area (TPSA) is 142 Å². The van der Waals surface area contributed by atoms with E-state index in [0.29, 0.717) is 6.54 Å². The summed E-state index contributed by atoms with van der Waals surface area (Å²) in [5.74, 6) is -2.32. The van der Waals surface area contributed by atoms with Crippen molar-refractivity contribution in [2.75, 3.05) is 19.6 Å². The summed E-state index contributed by atoms with van der Waals surface area (Å²) in [6.07, 6.45) is -0.326. The number of carboxylic acids is 1. The van der Waals surface area contributed by atoms with Gasteiger partial charge in [-0.05, 0) is 0 Å². The molecular weight excluding hydrogens is 256 g/mol. The van der Waals surface area contributed by atoms with Gasteiger partial charge in [0.05, 0.1) is 6.42 Å². The van der Waals surface area contributed by atoms with E-state index in [9.17, 15) is 19.2 Å². The van der Waals surface area contributed by atoms with Crippen LogP contribution in [0.1, 0.15) is 12.8 Å². The molecule has 19 heavy (non-hydrogen) atoms. The van der Waals surface area contributed by atoms with Crippen molar-refractivity contribution >= 4 is 23.8 Å². The van der Waals surface area contributed by atoms with Crippen LogP contribution in [0.5, 0.6) is 0 Å². The second kappa shape index (κ2) is 6.57. The standard InChI is InChI=1S/C10H16N4O5/c11-7(15)5-6(9(17)18)13-10(19)14-3-1-8(16)12-2-4-14/h6H,1-5H2,(H2,11,15)(H,12,16)(H,13,19)(H,17,18)/t6-/m0/s1. The first-order valence-corrected chi connectivity index (χ1v) is 5.73. The molecule has 1 aliphatic heterocycles. The van der Waals surface area contributed by atoms with Crippen molar-refractivity contribution in [2.45, 2.75) is 18.9 Å². The van der Waals surface area contributed by atoms with Crippen molar-refractivity contribution in [2.24, 2.45) is 5.73 Å². The fraction of sp³-hybridized carbons (Fsp3) is 0.600. The number of rotatable bonds is 4. The lowest BCUT2D eigenvalue weighted by molar-refractivity contribution is -0.141. The summed E-state index contributed by atoms with van der Waals surface area (Å²) in [6.45, 7) is 0.779. The molecule has 9 nitrogen and oxygen atoms in total. The summed E-state index contributed by atoms with van der Waals surface area (Å²) in [7, 11) is 0. The molecule has 5 N–H and O–H groups in total. The van der Waals surface area contributed by atoms with Crippen LogP contribution in [0, 0.1) is 0 Å². The van der Waals surface area contributed by atoms with Crippen molar-refractivity contribution in [3.05, 3.63) is 0 Å². The molecule has 1 saturated heterocycles. The molecule has 0 spiro atoms. The van der Waals surface area contributed by atoms with Crippen molar-refractivity contribution in [3.8, 4) is 0 Å².